The second kappa shape index (κ2) is 8.62. The molecule has 3 heterocycles. The number of benzene rings is 1. The van der Waals surface area contributed by atoms with Gasteiger partial charge in [-0.2, -0.15) is 0 Å². The summed E-state index contributed by atoms with van der Waals surface area (Å²) >= 11 is 0. The summed E-state index contributed by atoms with van der Waals surface area (Å²) in [6, 6.07) is 13.7. The highest BCUT2D eigenvalue weighted by molar-refractivity contribution is 7.90. The molecule has 4 rings (SSSR count). The van der Waals surface area contributed by atoms with Crippen LogP contribution in [0.2, 0.25) is 0 Å². The fourth-order valence-corrected chi connectivity index (χ4v) is 4.43. The molecular weight excluding hydrogens is 430 g/mol. The summed E-state index contributed by atoms with van der Waals surface area (Å²) in [7, 11) is -1.84. The van der Waals surface area contributed by atoms with Crippen molar-refractivity contribution in [3.8, 4) is 0 Å². The number of hydrogen-bond donors (Lipinski definition) is 0. The van der Waals surface area contributed by atoms with Crippen molar-refractivity contribution in [2.75, 3.05) is 42.2 Å². The van der Waals surface area contributed by atoms with Gasteiger partial charge in [0, 0.05) is 51.7 Å². The van der Waals surface area contributed by atoms with Crippen LogP contribution in [-0.4, -0.2) is 55.0 Å². The van der Waals surface area contributed by atoms with Crippen LogP contribution in [0.1, 0.15) is 5.56 Å². The van der Waals surface area contributed by atoms with Crippen LogP contribution in [0.3, 0.4) is 0 Å². The van der Waals surface area contributed by atoms with Crippen molar-refractivity contribution in [3.63, 3.8) is 0 Å². The van der Waals surface area contributed by atoms with E-state index in [1.54, 1.807) is 22.9 Å². The Kier molecular flexibility index (Phi) is 5.88. The third-order valence-electron chi connectivity index (χ3n) is 5.65. The Balaban J connectivity index is 1.62. The molecule has 9 nitrogen and oxygen atoms in total. The molecule has 0 radical (unpaired) electrons. The van der Waals surface area contributed by atoms with Gasteiger partial charge in [-0.25, -0.2) is 18.2 Å². The zero-order valence-electron chi connectivity index (χ0n) is 18.0. The van der Waals surface area contributed by atoms with Crippen molar-refractivity contribution in [1.82, 2.24) is 14.1 Å². The molecule has 0 saturated carbocycles. The van der Waals surface area contributed by atoms with E-state index in [0.717, 1.165) is 22.2 Å². The molecular formula is C22H25N5O4S. The first kappa shape index (κ1) is 21.8. The maximum absolute atomic E-state index is 13.0. The SMILES string of the molecule is Cn1c(=O)cc(N2CCN(c3ccccn3)CC2)n(Cc2ccc(S(C)(=O)=O)cc2)c1=O. The van der Waals surface area contributed by atoms with Gasteiger partial charge < -0.3 is 9.80 Å². The van der Waals surface area contributed by atoms with E-state index in [1.165, 1.54) is 25.2 Å². The van der Waals surface area contributed by atoms with Crippen LogP contribution in [-0.2, 0) is 23.4 Å². The maximum atomic E-state index is 13.0. The quantitative estimate of drug-likeness (QED) is 0.559. The number of nitrogens with zero attached hydrogens (tertiary/aromatic N) is 5. The van der Waals surface area contributed by atoms with Gasteiger partial charge in [-0.3, -0.25) is 13.9 Å². The first-order valence-electron chi connectivity index (χ1n) is 10.2. The molecule has 0 atom stereocenters. The van der Waals surface area contributed by atoms with Crippen LogP contribution in [0.5, 0.6) is 0 Å². The molecule has 0 bridgehead atoms. The van der Waals surface area contributed by atoms with E-state index < -0.39 is 15.5 Å². The predicted octanol–water partition coefficient (Wildman–Crippen LogP) is 0.720. The van der Waals surface area contributed by atoms with Gasteiger partial charge in [0.25, 0.3) is 5.56 Å². The minimum atomic E-state index is -3.30. The van der Waals surface area contributed by atoms with E-state index in [1.807, 2.05) is 23.1 Å². The van der Waals surface area contributed by atoms with Crippen LogP contribution in [0.4, 0.5) is 11.6 Å². The van der Waals surface area contributed by atoms with Crippen LogP contribution in [0, 0.1) is 0 Å². The summed E-state index contributed by atoms with van der Waals surface area (Å²) in [6.45, 7) is 2.92. The summed E-state index contributed by atoms with van der Waals surface area (Å²) in [5, 5.41) is 0. The number of rotatable bonds is 5. The highest BCUT2D eigenvalue weighted by Crippen LogP contribution is 2.19. The fourth-order valence-electron chi connectivity index (χ4n) is 3.80. The van der Waals surface area contributed by atoms with Crippen molar-refractivity contribution >= 4 is 21.5 Å². The van der Waals surface area contributed by atoms with Crippen LogP contribution < -0.4 is 21.0 Å². The topological polar surface area (TPSA) is 97.5 Å². The van der Waals surface area contributed by atoms with Crippen molar-refractivity contribution in [3.05, 3.63) is 81.1 Å². The standard InChI is InChI=1S/C22H25N5O4S/c1-24-21(28)15-20(26-13-11-25(12-14-26)19-5-3-4-10-23-19)27(22(24)29)16-17-6-8-18(9-7-17)32(2,30)31/h3-10,15H,11-14,16H2,1-2H3. The van der Waals surface area contributed by atoms with Gasteiger partial charge in [0.15, 0.2) is 9.84 Å². The second-order valence-corrected chi connectivity index (χ2v) is 9.86. The molecule has 0 unspecified atom stereocenters. The van der Waals surface area contributed by atoms with Crippen LogP contribution in [0.15, 0.2) is 69.2 Å². The smallest absolute Gasteiger partial charge is 0.332 e. The van der Waals surface area contributed by atoms with Crippen molar-refractivity contribution in [2.45, 2.75) is 11.4 Å². The Morgan fingerprint density at radius 2 is 1.59 bits per heavy atom. The number of hydrogen-bond acceptors (Lipinski definition) is 7. The highest BCUT2D eigenvalue weighted by atomic mass is 32.2. The molecule has 0 spiro atoms. The lowest BCUT2D eigenvalue weighted by Gasteiger charge is -2.37. The second-order valence-electron chi connectivity index (χ2n) is 7.85. The average molecular weight is 456 g/mol. The summed E-state index contributed by atoms with van der Waals surface area (Å²) in [5.74, 6) is 1.46. The lowest BCUT2D eigenvalue weighted by atomic mass is 10.2. The minimum absolute atomic E-state index is 0.222. The van der Waals surface area contributed by atoms with Crippen molar-refractivity contribution in [1.29, 1.82) is 0 Å². The monoisotopic (exact) mass is 455 g/mol. The van der Waals surface area contributed by atoms with Gasteiger partial charge in [-0.05, 0) is 29.8 Å². The highest BCUT2D eigenvalue weighted by Gasteiger charge is 2.22. The molecule has 1 aliphatic rings. The molecule has 2 aromatic heterocycles. The fraction of sp³-hybridized carbons (Fsp3) is 0.318. The van der Waals surface area contributed by atoms with E-state index in [-0.39, 0.29) is 17.0 Å². The molecule has 1 fully saturated rings. The lowest BCUT2D eigenvalue weighted by Crippen LogP contribution is -2.50. The summed E-state index contributed by atoms with van der Waals surface area (Å²) < 4.78 is 26.1. The Bertz CT molecular complexity index is 1320. The molecule has 1 saturated heterocycles. The Morgan fingerprint density at radius 1 is 0.938 bits per heavy atom. The van der Waals surface area contributed by atoms with Gasteiger partial charge in [0.2, 0.25) is 0 Å². The molecule has 168 valence electrons. The number of pyridine rings is 1. The van der Waals surface area contributed by atoms with Gasteiger partial charge in [-0.15, -0.1) is 0 Å². The normalized spacial score (nSPS) is 14.6. The molecule has 0 N–H and O–H groups in total. The number of sulfone groups is 1. The molecule has 3 aromatic rings. The zero-order valence-corrected chi connectivity index (χ0v) is 18.8. The van der Waals surface area contributed by atoms with Crippen molar-refractivity contribution in [2.24, 2.45) is 7.05 Å². The van der Waals surface area contributed by atoms with E-state index in [9.17, 15) is 18.0 Å². The van der Waals surface area contributed by atoms with E-state index in [2.05, 4.69) is 9.88 Å². The first-order valence-corrected chi connectivity index (χ1v) is 12.1. The summed E-state index contributed by atoms with van der Waals surface area (Å²) in [5.41, 5.74) is -0.000745. The third-order valence-corrected chi connectivity index (χ3v) is 6.78. The zero-order chi connectivity index (χ0) is 22.9. The molecule has 1 aliphatic heterocycles. The maximum Gasteiger partial charge on any atom is 0.332 e. The minimum Gasteiger partial charge on any atom is -0.354 e. The average Bonchev–Trinajstić information content (AvgIpc) is 2.80. The molecule has 0 aliphatic carbocycles. The Labute approximate surface area is 186 Å². The number of anilines is 2. The van der Waals surface area contributed by atoms with E-state index in [0.29, 0.717) is 32.0 Å². The molecule has 0 amide bonds. The van der Waals surface area contributed by atoms with E-state index >= 15 is 0 Å². The number of piperazine rings is 1. The molecule has 32 heavy (non-hydrogen) atoms. The lowest BCUT2D eigenvalue weighted by molar-refractivity contribution is 0.590. The Hall–Kier alpha value is -3.40. The summed E-state index contributed by atoms with van der Waals surface area (Å²) in [6.07, 6.45) is 2.91. The van der Waals surface area contributed by atoms with Crippen molar-refractivity contribution < 1.29 is 8.42 Å². The van der Waals surface area contributed by atoms with Gasteiger partial charge >= 0.3 is 5.69 Å². The van der Waals surface area contributed by atoms with Crippen LogP contribution in [0.25, 0.3) is 0 Å². The number of aromatic nitrogens is 3. The first-order chi connectivity index (χ1) is 15.2. The third kappa shape index (κ3) is 4.45. The largest absolute Gasteiger partial charge is 0.354 e. The van der Waals surface area contributed by atoms with Gasteiger partial charge in [0.05, 0.1) is 11.4 Å². The Morgan fingerprint density at radius 3 is 2.19 bits per heavy atom. The van der Waals surface area contributed by atoms with E-state index in [4.69, 9.17) is 0 Å². The molecule has 10 heteroatoms. The molecule has 1 aromatic carbocycles. The predicted molar refractivity (Wildman–Crippen MR) is 123 cm³/mol. The van der Waals surface area contributed by atoms with Gasteiger partial charge in [0.1, 0.15) is 11.6 Å². The van der Waals surface area contributed by atoms with Crippen LogP contribution >= 0.6 is 0 Å². The van der Waals surface area contributed by atoms with Gasteiger partial charge in [-0.1, -0.05) is 18.2 Å². The summed E-state index contributed by atoms with van der Waals surface area (Å²) in [4.78, 5) is 34.2.